The number of thiazole rings is 1. The number of ether oxygens (including phenoxy) is 1. The number of aryl methyl sites for hydroxylation is 1. The minimum Gasteiger partial charge on any atom is -0.376 e. The number of rotatable bonds is 4. The summed E-state index contributed by atoms with van der Waals surface area (Å²) < 4.78 is 5.53. The topological polar surface area (TPSA) is 68.5 Å². The predicted octanol–water partition coefficient (Wildman–Crippen LogP) is 1.21. The molecule has 100 valence electrons. The molecule has 0 aromatic carbocycles. The van der Waals surface area contributed by atoms with E-state index < -0.39 is 0 Å². The van der Waals surface area contributed by atoms with Crippen molar-refractivity contribution in [1.29, 1.82) is 0 Å². The SMILES string of the molecule is Cc1nc(N)sc1CC(=O)N(C)C[C@@H]1CCCO1. The van der Waals surface area contributed by atoms with E-state index in [-0.39, 0.29) is 12.0 Å². The molecular weight excluding hydrogens is 250 g/mol. The molecule has 0 spiro atoms. The van der Waals surface area contributed by atoms with Crippen LogP contribution in [0.5, 0.6) is 0 Å². The lowest BCUT2D eigenvalue weighted by molar-refractivity contribution is -0.130. The minimum absolute atomic E-state index is 0.0947. The average Bonchev–Trinajstić information content (AvgIpc) is 2.89. The second-order valence-corrected chi connectivity index (χ2v) is 5.76. The number of anilines is 1. The average molecular weight is 269 g/mol. The first-order valence-corrected chi connectivity index (χ1v) is 6.95. The van der Waals surface area contributed by atoms with Gasteiger partial charge in [-0.3, -0.25) is 4.79 Å². The van der Waals surface area contributed by atoms with Crippen LogP contribution in [0.1, 0.15) is 23.4 Å². The van der Waals surface area contributed by atoms with Crippen molar-refractivity contribution in [3.63, 3.8) is 0 Å². The van der Waals surface area contributed by atoms with E-state index in [4.69, 9.17) is 10.5 Å². The highest BCUT2D eigenvalue weighted by molar-refractivity contribution is 7.15. The second kappa shape index (κ2) is 5.67. The van der Waals surface area contributed by atoms with E-state index in [0.717, 1.165) is 30.0 Å². The third kappa shape index (κ3) is 3.20. The third-order valence-corrected chi connectivity index (χ3v) is 4.13. The Bertz CT molecular complexity index is 427. The van der Waals surface area contributed by atoms with Crippen molar-refractivity contribution in [1.82, 2.24) is 9.88 Å². The van der Waals surface area contributed by atoms with Crippen molar-refractivity contribution >= 4 is 22.4 Å². The second-order valence-electron chi connectivity index (χ2n) is 4.65. The van der Waals surface area contributed by atoms with Gasteiger partial charge in [-0.1, -0.05) is 0 Å². The van der Waals surface area contributed by atoms with Crippen LogP contribution in [0.4, 0.5) is 5.13 Å². The summed E-state index contributed by atoms with van der Waals surface area (Å²) >= 11 is 1.39. The van der Waals surface area contributed by atoms with Gasteiger partial charge in [0, 0.05) is 25.1 Å². The number of aromatic nitrogens is 1. The molecule has 1 aliphatic rings. The van der Waals surface area contributed by atoms with Crippen LogP contribution in [0.15, 0.2) is 0 Å². The van der Waals surface area contributed by atoms with E-state index in [0.29, 0.717) is 18.1 Å². The molecule has 6 heteroatoms. The molecule has 1 aromatic rings. The summed E-state index contributed by atoms with van der Waals surface area (Å²) in [5, 5.41) is 0.525. The monoisotopic (exact) mass is 269 g/mol. The molecule has 1 aliphatic heterocycles. The summed E-state index contributed by atoms with van der Waals surface area (Å²) in [4.78, 5) is 18.9. The number of hydrogen-bond acceptors (Lipinski definition) is 5. The molecule has 0 radical (unpaired) electrons. The molecule has 0 aliphatic carbocycles. The van der Waals surface area contributed by atoms with Gasteiger partial charge >= 0.3 is 0 Å². The highest BCUT2D eigenvalue weighted by Crippen LogP contribution is 2.21. The molecule has 0 saturated carbocycles. The van der Waals surface area contributed by atoms with Crippen molar-refractivity contribution in [2.75, 3.05) is 25.9 Å². The standard InChI is InChI=1S/C12H19N3O2S/c1-8-10(18-12(13)14-8)6-11(16)15(2)7-9-4-3-5-17-9/h9H,3-7H2,1-2H3,(H2,13,14)/t9-/m0/s1. The Morgan fingerprint density at radius 1 is 1.67 bits per heavy atom. The molecule has 18 heavy (non-hydrogen) atoms. The van der Waals surface area contributed by atoms with Crippen molar-refractivity contribution in [3.05, 3.63) is 10.6 Å². The number of nitrogens with two attached hydrogens (primary N) is 1. The Kier molecular flexibility index (Phi) is 4.19. The zero-order valence-electron chi connectivity index (χ0n) is 10.8. The van der Waals surface area contributed by atoms with Gasteiger partial charge in [0.1, 0.15) is 0 Å². The molecule has 1 aromatic heterocycles. The first-order valence-electron chi connectivity index (χ1n) is 6.13. The van der Waals surface area contributed by atoms with E-state index in [1.165, 1.54) is 11.3 Å². The lowest BCUT2D eigenvalue weighted by Crippen LogP contribution is -2.35. The number of nitrogens with zero attached hydrogens (tertiary/aromatic N) is 2. The molecule has 1 amide bonds. The number of amides is 1. The van der Waals surface area contributed by atoms with Gasteiger partial charge in [0.25, 0.3) is 0 Å². The molecule has 2 heterocycles. The fourth-order valence-electron chi connectivity index (χ4n) is 2.08. The fourth-order valence-corrected chi connectivity index (χ4v) is 2.91. The van der Waals surface area contributed by atoms with Crippen molar-refractivity contribution in [3.8, 4) is 0 Å². The van der Waals surface area contributed by atoms with Gasteiger partial charge < -0.3 is 15.4 Å². The summed E-state index contributed by atoms with van der Waals surface area (Å²) in [6.07, 6.45) is 2.72. The van der Waals surface area contributed by atoms with E-state index >= 15 is 0 Å². The lowest BCUT2D eigenvalue weighted by Gasteiger charge is -2.20. The van der Waals surface area contributed by atoms with Gasteiger partial charge in [-0.05, 0) is 19.8 Å². The molecule has 0 unspecified atom stereocenters. The van der Waals surface area contributed by atoms with E-state index in [1.54, 1.807) is 4.90 Å². The van der Waals surface area contributed by atoms with Gasteiger partial charge in [0.15, 0.2) is 5.13 Å². The zero-order chi connectivity index (χ0) is 13.1. The van der Waals surface area contributed by atoms with Gasteiger partial charge in [-0.2, -0.15) is 0 Å². The van der Waals surface area contributed by atoms with Gasteiger partial charge in [-0.25, -0.2) is 4.98 Å². The smallest absolute Gasteiger partial charge is 0.227 e. The molecular formula is C12H19N3O2S. The van der Waals surface area contributed by atoms with Crippen LogP contribution in [0.2, 0.25) is 0 Å². The van der Waals surface area contributed by atoms with Crippen LogP contribution in [-0.4, -0.2) is 42.1 Å². The molecule has 1 fully saturated rings. The van der Waals surface area contributed by atoms with Crippen molar-refractivity contribution in [2.45, 2.75) is 32.3 Å². The fraction of sp³-hybridized carbons (Fsp3) is 0.667. The molecule has 2 N–H and O–H groups in total. The molecule has 0 bridgehead atoms. The molecule has 1 atom stereocenters. The molecule has 5 nitrogen and oxygen atoms in total. The maximum atomic E-state index is 12.1. The maximum absolute atomic E-state index is 12.1. The van der Waals surface area contributed by atoms with Crippen LogP contribution in [0.25, 0.3) is 0 Å². The van der Waals surface area contributed by atoms with Crippen LogP contribution in [-0.2, 0) is 16.0 Å². The minimum atomic E-state index is 0.0947. The maximum Gasteiger partial charge on any atom is 0.227 e. The third-order valence-electron chi connectivity index (χ3n) is 3.15. The predicted molar refractivity (Wildman–Crippen MR) is 71.6 cm³/mol. The zero-order valence-corrected chi connectivity index (χ0v) is 11.6. The number of likely N-dealkylation sites (N-methyl/N-ethyl adjacent to an activating group) is 1. The number of nitrogen functional groups attached to an aromatic ring is 1. The van der Waals surface area contributed by atoms with Crippen LogP contribution < -0.4 is 5.73 Å². The highest BCUT2D eigenvalue weighted by atomic mass is 32.1. The number of carbonyl (C=O) groups is 1. The quantitative estimate of drug-likeness (QED) is 0.892. The van der Waals surface area contributed by atoms with E-state index in [9.17, 15) is 4.79 Å². The number of hydrogen-bond donors (Lipinski definition) is 1. The van der Waals surface area contributed by atoms with Gasteiger partial charge in [-0.15, -0.1) is 11.3 Å². The summed E-state index contributed by atoms with van der Waals surface area (Å²) in [5.74, 6) is 0.0947. The van der Waals surface area contributed by atoms with Crippen molar-refractivity contribution in [2.24, 2.45) is 0 Å². The Hall–Kier alpha value is -1.14. The lowest BCUT2D eigenvalue weighted by atomic mass is 10.2. The Balaban J connectivity index is 1.88. The Morgan fingerprint density at radius 3 is 3.00 bits per heavy atom. The van der Waals surface area contributed by atoms with E-state index in [1.807, 2.05) is 14.0 Å². The Morgan fingerprint density at radius 2 is 2.44 bits per heavy atom. The molecule has 1 saturated heterocycles. The first-order chi connectivity index (χ1) is 8.56. The normalized spacial score (nSPS) is 19.1. The summed E-state index contributed by atoms with van der Waals surface area (Å²) in [6, 6.07) is 0. The largest absolute Gasteiger partial charge is 0.376 e. The van der Waals surface area contributed by atoms with Crippen LogP contribution >= 0.6 is 11.3 Å². The summed E-state index contributed by atoms with van der Waals surface area (Å²) in [7, 11) is 1.82. The van der Waals surface area contributed by atoms with Gasteiger partial charge in [0.2, 0.25) is 5.91 Å². The highest BCUT2D eigenvalue weighted by Gasteiger charge is 2.21. The van der Waals surface area contributed by atoms with Crippen LogP contribution in [0, 0.1) is 6.92 Å². The number of carbonyl (C=O) groups excluding carboxylic acids is 1. The summed E-state index contributed by atoms with van der Waals surface area (Å²) in [6.45, 7) is 3.37. The van der Waals surface area contributed by atoms with Crippen LogP contribution in [0.3, 0.4) is 0 Å². The first kappa shape index (κ1) is 13.3. The van der Waals surface area contributed by atoms with E-state index in [2.05, 4.69) is 4.98 Å². The Labute approximate surface area is 111 Å². The molecule has 2 rings (SSSR count). The van der Waals surface area contributed by atoms with Gasteiger partial charge in [0.05, 0.1) is 18.2 Å². The summed E-state index contributed by atoms with van der Waals surface area (Å²) in [5.41, 5.74) is 6.48. The van der Waals surface area contributed by atoms with Crippen molar-refractivity contribution < 1.29 is 9.53 Å².